The number of nitrogens with two attached hydrogens (primary N) is 1. The number of carboxylic acid groups (broad SMARTS) is 1. The maximum absolute atomic E-state index is 11.0. The van der Waals surface area contributed by atoms with Gasteiger partial charge in [-0.3, -0.25) is 9.78 Å². The minimum atomic E-state index is -0.861. The Kier molecular flexibility index (Phi) is 3.35. The first-order chi connectivity index (χ1) is 8.22. The molecule has 4 nitrogen and oxygen atoms in total. The predicted octanol–water partition coefficient (Wildman–Crippen LogP) is 1.44. The zero-order valence-corrected chi connectivity index (χ0v) is 9.34. The molecule has 0 saturated heterocycles. The van der Waals surface area contributed by atoms with Crippen LogP contribution >= 0.6 is 0 Å². The van der Waals surface area contributed by atoms with Gasteiger partial charge in [0.05, 0.1) is 5.92 Å². The molecule has 3 N–H and O–H groups in total. The van der Waals surface area contributed by atoms with E-state index in [2.05, 4.69) is 4.98 Å². The van der Waals surface area contributed by atoms with E-state index in [1.807, 2.05) is 24.3 Å². The predicted molar refractivity (Wildman–Crippen MR) is 65.6 cm³/mol. The van der Waals surface area contributed by atoms with Crippen LogP contribution in [0, 0.1) is 5.92 Å². The Morgan fingerprint density at radius 2 is 2.12 bits per heavy atom. The molecule has 1 heterocycles. The largest absolute Gasteiger partial charge is 0.481 e. The van der Waals surface area contributed by atoms with Gasteiger partial charge in [-0.05, 0) is 17.4 Å². The Morgan fingerprint density at radius 1 is 1.35 bits per heavy atom. The molecule has 0 spiro atoms. The molecule has 2 rings (SSSR count). The fraction of sp³-hybridized carbons (Fsp3) is 0.231. The molecular formula is C13H14N2O2. The smallest absolute Gasteiger partial charge is 0.308 e. The third-order valence-electron chi connectivity index (χ3n) is 2.85. The summed E-state index contributed by atoms with van der Waals surface area (Å²) in [6.45, 7) is 0.137. The summed E-state index contributed by atoms with van der Waals surface area (Å²) in [5.41, 5.74) is 6.40. The zero-order valence-electron chi connectivity index (χ0n) is 9.34. The number of pyridine rings is 1. The lowest BCUT2D eigenvalue weighted by atomic mass is 9.97. The Bertz CT molecular complexity index is 534. The number of aromatic nitrogens is 1. The molecule has 2 aromatic rings. The number of benzene rings is 1. The van der Waals surface area contributed by atoms with Crippen LogP contribution in [0.4, 0.5) is 0 Å². The van der Waals surface area contributed by atoms with Crippen LogP contribution in [0.1, 0.15) is 5.56 Å². The Labute approximate surface area is 99.1 Å². The lowest BCUT2D eigenvalue weighted by molar-refractivity contribution is -0.141. The standard InChI is InChI=1S/C13H14N2O2/c14-6-10(13(16)17)5-11-8-15-7-9-3-1-2-4-12(9)11/h1-4,7-8,10H,5-6,14H2,(H,16,17). The maximum Gasteiger partial charge on any atom is 0.308 e. The molecule has 0 aliphatic heterocycles. The second-order valence-corrected chi connectivity index (χ2v) is 3.99. The summed E-state index contributed by atoms with van der Waals surface area (Å²) in [6, 6.07) is 7.81. The highest BCUT2D eigenvalue weighted by atomic mass is 16.4. The van der Waals surface area contributed by atoms with Crippen molar-refractivity contribution in [2.75, 3.05) is 6.54 Å². The topological polar surface area (TPSA) is 76.2 Å². The average Bonchev–Trinajstić information content (AvgIpc) is 2.35. The van der Waals surface area contributed by atoms with E-state index < -0.39 is 11.9 Å². The normalized spacial score (nSPS) is 12.5. The van der Waals surface area contributed by atoms with Gasteiger partial charge in [-0.15, -0.1) is 0 Å². The highest BCUT2D eigenvalue weighted by Gasteiger charge is 2.17. The Balaban J connectivity index is 2.38. The van der Waals surface area contributed by atoms with Gasteiger partial charge in [0.15, 0.2) is 0 Å². The van der Waals surface area contributed by atoms with Crippen molar-refractivity contribution in [2.45, 2.75) is 6.42 Å². The number of fused-ring (bicyclic) bond motifs is 1. The number of rotatable bonds is 4. The van der Waals surface area contributed by atoms with Crippen molar-refractivity contribution < 1.29 is 9.90 Å². The van der Waals surface area contributed by atoms with Crippen molar-refractivity contribution >= 4 is 16.7 Å². The molecular weight excluding hydrogens is 216 g/mol. The first-order valence-electron chi connectivity index (χ1n) is 5.47. The molecule has 0 aliphatic rings. The molecule has 0 radical (unpaired) electrons. The van der Waals surface area contributed by atoms with Crippen LogP contribution in [0.15, 0.2) is 36.7 Å². The summed E-state index contributed by atoms with van der Waals surface area (Å²) in [5.74, 6) is -1.41. The minimum Gasteiger partial charge on any atom is -0.481 e. The van der Waals surface area contributed by atoms with Crippen LogP contribution < -0.4 is 5.73 Å². The third-order valence-corrected chi connectivity index (χ3v) is 2.85. The lowest BCUT2D eigenvalue weighted by Gasteiger charge is -2.11. The molecule has 17 heavy (non-hydrogen) atoms. The molecule has 0 fully saturated rings. The van der Waals surface area contributed by atoms with Crippen molar-refractivity contribution in [3.8, 4) is 0 Å². The molecule has 0 aliphatic carbocycles. The summed E-state index contributed by atoms with van der Waals surface area (Å²) >= 11 is 0. The highest BCUT2D eigenvalue weighted by molar-refractivity contribution is 5.85. The molecule has 0 bridgehead atoms. The van der Waals surface area contributed by atoms with Gasteiger partial charge in [-0.25, -0.2) is 0 Å². The van der Waals surface area contributed by atoms with Crippen molar-refractivity contribution in [1.82, 2.24) is 4.98 Å². The summed E-state index contributed by atoms with van der Waals surface area (Å²) < 4.78 is 0. The van der Waals surface area contributed by atoms with Crippen LogP contribution in [-0.2, 0) is 11.2 Å². The zero-order chi connectivity index (χ0) is 12.3. The van der Waals surface area contributed by atoms with Crippen LogP contribution in [0.5, 0.6) is 0 Å². The molecule has 1 aromatic heterocycles. The van der Waals surface area contributed by atoms with Gasteiger partial charge >= 0.3 is 5.97 Å². The van der Waals surface area contributed by atoms with E-state index >= 15 is 0 Å². The maximum atomic E-state index is 11.0. The number of carbonyl (C=O) groups is 1. The van der Waals surface area contributed by atoms with Crippen molar-refractivity contribution in [3.05, 3.63) is 42.2 Å². The van der Waals surface area contributed by atoms with Gasteiger partial charge < -0.3 is 10.8 Å². The molecule has 0 saturated carbocycles. The molecule has 4 heteroatoms. The van der Waals surface area contributed by atoms with Gasteiger partial charge in [0.2, 0.25) is 0 Å². The fourth-order valence-corrected chi connectivity index (χ4v) is 1.88. The SMILES string of the molecule is NCC(Cc1cncc2ccccc12)C(=O)O. The van der Waals surface area contributed by atoms with Crippen molar-refractivity contribution in [3.63, 3.8) is 0 Å². The Hall–Kier alpha value is -1.94. The summed E-state index contributed by atoms with van der Waals surface area (Å²) in [5, 5.41) is 11.1. The van der Waals surface area contributed by atoms with Crippen LogP contribution in [0.3, 0.4) is 0 Å². The van der Waals surface area contributed by atoms with Crippen molar-refractivity contribution in [1.29, 1.82) is 0 Å². The first-order valence-corrected chi connectivity index (χ1v) is 5.47. The molecule has 1 aromatic carbocycles. The summed E-state index contributed by atoms with van der Waals surface area (Å²) in [7, 11) is 0. The Morgan fingerprint density at radius 3 is 2.82 bits per heavy atom. The van der Waals surface area contributed by atoms with Crippen molar-refractivity contribution in [2.24, 2.45) is 11.7 Å². The molecule has 1 unspecified atom stereocenters. The average molecular weight is 230 g/mol. The minimum absolute atomic E-state index is 0.137. The van der Waals surface area contributed by atoms with Gasteiger partial charge in [0.25, 0.3) is 0 Å². The van der Waals surface area contributed by atoms with E-state index in [4.69, 9.17) is 10.8 Å². The quantitative estimate of drug-likeness (QED) is 0.833. The fourth-order valence-electron chi connectivity index (χ4n) is 1.88. The van der Waals surface area contributed by atoms with Gasteiger partial charge in [-0.2, -0.15) is 0 Å². The van der Waals surface area contributed by atoms with Gasteiger partial charge in [0, 0.05) is 24.3 Å². The third kappa shape index (κ3) is 2.42. The number of hydrogen-bond donors (Lipinski definition) is 2. The number of carboxylic acids is 1. The molecule has 88 valence electrons. The van der Waals surface area contributed by atoms with Crippen LogP contribution in [0.2, 0.25) is 0 Å². The molecule has 1 atom stereocenters. The summed E-state index contributed by atoms with van der Waals surface area (Å²) in [6.07, 6.45) is 3.91. The second-order valence-electron chi connectivity index (χ2n) is 3.99. The van der Waals surface area contributed by atoms with E-state index in [-0.39, 0.29) is 6.54 Å². The van der Waals surface area contributed by atoms with E-state index in [0.717, 1.165) is 16.3 Å². The lowest BCUT2D eigenvalue weighted by Crippen LogP contribution is -2.25. The number of nitrogens with zero attached hydrogens (tertiary/aromatic N) is 1. The first kappa shape index (κ1) is 11.5. The number of aliphatic carboxylic acids is 1. The van der Waals surface area contributed by atoms with E-state index in [1.165, 1.54) is 0 Å². The van der Waals surface area contributed by atoms with Gasteiger partial charge in [0.1, 0.15) is 0 Å². The number of hydrogen-bond acceptors (Lipinski definition) is 3. The summed E-state index contributed by atoms with van der Waals surface area (Å²) in [4.78, 5) is 15.1. The molecule has 0 amide bonds. The highest BCUT2D eigenvalue weighted by Crippen LogP contribution is 2.19. The van der Waals surface area contributed by atoms with Crippen LogP contribution in [0.25, 0.3) is 10.8 Å². The van der Waals surface area contributed by atoms with E-state index in [1.54, 1.807) is 12.4 Å². The van der Waals surface area contributed by atoms with Crippen LogP contribution in [-0.4, -0.2) is 22.6 Å². The van der Waals surface area contributed by atoms with E-state index in [9.17, 15) is 4.79 Å². The monoisotopic (exact) mass is 230 g/mol. The van der Waals surface area contributed by atoms with E-state index in [0.29, 0.717) is 6.42 Å². The van der Waals surface area contributed by atoms with Gasteiger partial charge in [-0.1, -0.05) is 24.3 Å². The second kappa shape index (κ2) is 4.93.